The minimum atomic E-state index is -0.417. The number of fused-ring (bicyclic) bond motifs is 1. The highest BCUT2D eigenvalue weighted by molar-refractivity contribution is 9.10. The average Bonchev–Trinajstić information content (AvgIpc) is 3.08. The summed E-state index contributed by atoms with van der Waals surface area (Å²) >= 11 is 3.42. The van der Waals surface area contributed by atoms with E-state index < -0.39 is 11.2 Å². The molecule has 9 heteroatoms. The topological polar surface area (TPSA) is 80.3 Å². The van der Waals surface area contributed by atoms with Gasteiger partial charge in [-0.2, -0.15) is 0 Å². The highest BCUT2D eigenvalue weighted by Gasteiger charge is 2.18. The van der Waals surface area contributed by atoms with Crippen LogP contribution in [0.4, 0.5) is 0 Å². The van der Waals surface area contributed by atoms with Gasteiger partial charge < -0.3 is 14.0 Å². The molecule has 8 nitrogen and oxygen atoms in total. The van der Waals surface area contributed by atoms with E-state index in [1.807, 2.05) is 48.5 Å². The van der Waals surface area contributed by atoms with E-state index in [9.17, 15) is 9.59 Å². The van der Waals surface area contributed by atoms with Gasteiger partial charge in [0.2, 0.25) is 0 Å². The largest absolute Gasteiger partial charge is 0.497 e. The van der Waals surface area contributed by atoms with E-state index >= 15 is 0 Å². The van der Waals surface area contributed by atoms with E-state index in [-0.39, 0.29) is 0 Å². The molecular weight excluding hydrogens is 452 g/mol. The molecule has 0 atom stereocenters. The maximum atomic E-state index is 12.7. The number of rotatable bonds is 5. The van der Waals surface area contributed by atoms with Crippen LogP contribution >= 0.6 is 15.9 Å². The Hall–Kier alpha value is -3.33. The van der Waals surface area contributed by atoms with Crippen molar-refractivity contribution >= 4 is 27.1 Å². The van der Waals surface area contributed by atoms with E-state index in [4.69, 9.17) is 9.47 Å². The quantitative estimate of drug-likeness (QED) is 0.418. The molecule has 2 heterocycles. The number of aromatic nitrogens is 4. The van der Waals surface area contributed by atoms with Crippen LogP contribution in [0.1, 0.15) is 5.56 Å². The number of methoxy groups -OCH3 is 1. The van der Waals surface area contributed by atoms with Crippen LogP contribution in [0, 0.1) is 0 Å². The van der Waals surface area contributed by atoms with Gasteiger partial charge in [0.1, 0.15) is 17.2 Å². The molecule has 4 rings (SSSR count). The maximum Gasteiger partial charge on any atom is 0.332 e. The second-order valence-electron chi connectivity index (χ2n) is 6.77. The zero-order valence-electron chi connectivity index (χ0n) is 16.6. The zero-order chi connectivity index (χ0) is 21.4. The zero-order valence-corrected chi connectivity index (χ0v) is 18.2. The smallest absolute Gasteiger partial charge is 0.332 e. The number of nitrogens with zero attached hydrogens (tertiary/aromatic N) is 4. The standard InChI is InChI=1S/C21H19BrN4O4/c1-24-18-17(19(27)25(2)21(24)28)26(20(22)23-18)12-13-5-4-6-16(11-13)30-15-9-7-14(29-3)8-10-15/h4-11H,12H2,1-3H3. The maximum absolute atomic E-state index is 12.7. The van der Waals surface area contributed by atoms with Gasteiger partial charge in [-0.1, -0.05) is 12.1 Å². The first-order chi connectivity index (χ1) is 14.4. The van der Waals surface area contributed by atoms with Gasteiger partial charge in [-0.15, -0.1) is 0 Å². The predicted octanol–water partition coefficient (Wildman–Crippen LogP) is 3.05. The van der Waals surface area contributed by atoms with Gasteiger partial charge in [0.25, 0.3) is 5.56 Å². The first kappa shape index (κ1) is 20.0. The summed E-state index contributed by atoms with van der Waals surface area (Å²) in [4.78, 5) is 29.3. The van der Waals surface area contributed by atoms with Crippen LogP contribution in [0.15, 0.2) is 62.9 Å². The Labute approximate surface area is 180 Å². The highest BCUT2D eigenvalue weighted by Crippen LogP contribution is 2.25. The SMILES string of the molecule is COc1ccc(Oc2cccc(Cn3c(Br)nc4c3c(=O)n(C)c(=O)n4C)c2)cc1. The lowest BCUT2D eigenvalue weighted by atomic mass is 10.2. The molecule has 0 fully saturated rings. The van der Waals surface area contributed by atoms with Crippen molar-refractivity contribution in [2.24, 2.45) is 14.1 Å². The molecule has 154 valence electrons. The van der Waals surface area contributed by atoms with Gasteiger partial charge in [0.05, 0.1) is 13.7 Å². The van der Waals surface area contributed by atoms with Crippen molar-refractivity contribution in [2.75, 3.05) is 7.11 Å². The summed E-state index contributed by atoms with van der Waals surface area (Å²) in [6.45, 7) is 0.379. The molecule has 0 saturated carbocycles. The second kappa shape index (κ2) is 7.83. The van der Waals surface area contributed by atoms with E-state index in [1.54, 1.807) is 18.7 Å². The van der Waals surface area contributed by atoms with E-state index in [2.05, 4.69) is 20.9 Å². The number of aryl methyl sites for hydroxylation is 1. The van der Waals surface area contributed by atoms with Crippen molar-refractivity contribution in [1.82, 2.24) is 18.7 Å². The van der Waals surface area contributed by atoms with Gasteiger partial charge in [0.15, 0.2) is 15.9 Å². The number of benzene rings is 2. The molecule has 0 amide bonds. The lowest BCUT2D eigenvalue weighted by molar-refractivity contribution is 0.413. The van der Waals surface area contributed by atoms with Crippen LogP contribution in [-0.2, 0) is 20.6 Å². The minimum absolute atomic E-state index is 0.334. The number of halogens is 1. The molecule has 0 unspecified atom stereocenters. The van der Waals surface area contributed by atoms with Crippen LogP contribution in [0.2, 0.25) is 0 Å². The summed E-state index contributed by atoms with van der Waals surface area (Å²) in [5.41, 5.74) is 0.793. The Kier molecular flexibility index (Phi) is 5.21. The van der Waals surface area contributed by atoms with E-state index in [0.717, 1.165) is 15.9 Å². The molecule has 0 aliphatic carbocycles. The number of hydrogen-bond acceptors (Lipinski definition) is 5. The van der Waals surface area contributed by atoms with Crippen LogP contribution in [0.3, 0.4) is 0 Å². The fraction of sp³-hybridized carbons (Fsp3) is 0.190. The van der Waals surface area contributed by atoms with Crippen LogP contribution in [-0.4, -0.2) is 25.8 Å². The van der Waals surface area contributed by atoms with E-state index in [0.29, 0.717) is 33.9 Å². The Morgan fingerprint density at radius 1 is 0.967 bits per heavy atom. The van der Waals surface area contributed by atoms with Gasteiger partial charge >= 0.3 is 5.69 Å². The Morgan fingerprint density at radius 3 is 2.37 bits per heavy atom. The monoisotopic (exact) mass is 470 g/mol. The molecule has 4 aromatic rings. The average molecular weight is 471 g/mol. The van der Waals surface area contributed by atoms with Crippen LogP contribution in [0.5, 0.6) is 17.2 Å². The third-order valence-electron chi connectivity index (χ3n) is 4.84. The van der Waals surface area contributed by atoms with Crippen LogP contribution < -0.4 is 20.7 Å². The van der Waals surface area contributed by atoms with Gasteiger partial charge in [0, 0.05) is 14.1 Å². The number of hydrogen-bond donors (Lipinski definition) is 0. The lowest BCUT2D eigenvalue weighted by Gasteiger charge is -2.10. The molecule has 30 heavy (non-hydrogen) atoms. The predicted molar refractivity (Wildman–Crippen MR) is 117 cm³/mol. The molecule has 0 N–H and O–H groups in total. The number of imidazole rings is 1. The third kappa shape index (κ3) is 3.52. The molecule has 0 aliphatic rings. The summed E-state index contributed by atoms with van der Waals surface area (Å²) in [6, 6.07) is 14.9. The summed E-state index contributed by atoms with van der Waals surface area (Å²) in [6.07, 6.45) is 0. The molecular formula is C21H19BrN4O4. The van der Waals surface area contributed by atoms with Crippen molar-refractivity contribution < 1.29 is 9.47 Å². The summed E-state index contributed by atoms with van der Waals surface area (Å²) in [5, 5.41) is 0. The van der Waals surface area contributed by atoms with Crippen LogP contribution in [0.25, 0.3) is 11.2 Å². The number of ether oxygens (including phenoxy) is 2. The van der Waals surface area contributed by atoms with E-state index in [1.165, 1.54) is 11.6 Å². The summed E-state index contributed by atoms with van der Waals surface area (Å²) in [5.74, 6) is 2.11. The second-order valence-corrected chi connectivity index (χ2v) is 7.48. The van der Waals surface area contributed by atoms with Crippen molar-refractivity contribution in [3.8, 4) is 17.2 Å². The lowest BCUT2D eigenvalue weighted by Crippen LogP contribution is -2.37. The molecule has 0 radical (unpaired) electrons. The Balaban J connectivity index is 1.69. The van der Waals surface area contributed by atoms with Gasteiger partial charge in [-0.05, 0) is 57.9 Å². The van der Waals surface area contributed by atoms with Gasteiger partial charge in [-0.25, -0.2) is 9.78 Å². The first-order valence-electron chi connectivity index (χ1n) is 9.11. The molecule has 0 aliphatic heterocycles. The third-order valence-corrected chi connectivity index (χ3v) is 5.44. The summed E-state index contributed by atoms with van der Waals surface area (Å²) < 4.78 is 15.7. The molecule has 2 aromatic heterocycles. The van der Waals surface area contributed by atoms with Crippen molar-refractivity contribution in [3.05, 3.63) is 79.7 Å². The van der Waals surface area contributed by atoms with Crippen molar-refractivity contribution in [1.29, 1.82) is 0 Å². The van der Waals surface area contributed by atoms with Crippen molar-refractivity contribution in [2.45, 2.75) is 6.54 Å². The Bertz CT molecular complexity index is 1350. The summed E-state index contributed by atoms with van der Waals surface area (Å²) in [7, 11) is 4.67. The normalized spacial score (nSPS) is 11.1. The fourth-order valence-corrected chi connectivity index (χ4v) is 3.70. The highest BCUT2D eigenvalue weighted by atomic mass is 79.9. The fourth-order valence-electron chi connectivity index (χ4n) is 3.23. The molecule has 2 aromatic carbocycles. The van der Waals surface area contributed by atoms with Gasteiger partial charge in [-0.3, -0.25) is 13.9 Å². The first-order valence-corrected chi connectivity index (χ1v) is 9.91. The molecule has 0 saturated heterocycles. The minimum Gasteiger partial charge on any atom is -0.497 e. The Morgan fingerprint density at radius 2 is 1.67 bits per heavy atom. The van der Waals surface area contributed by atoms with Crippen molar-refractivity contribution in [3.63, 3.8) is 0 Å². The molecule has 0 bridgehead atoms. The molecule has 0 spiro atoms.